The molecule has 2 N–H and O–H groups in total. The van der Waals surface area contributed by atoms with Crippen LogP contribution in [0, 0.1) is 12.7 Å². The minimum Gasteiger partial charge on any atom is -0.452 e. The van der Waals surface area contributed by atoms with Crippen molar-refractivity contribution in [2.24, 2.45) is 5.73 Å². The van der Waals surface area contributed by atoms with E-state index >= 15 is 0 Å². The van der Waals surface area contributed by atoms with Gasteiger partial charge in [-0.3, -0.25) is 4.98 Å². The fourth-order valence-electron chi connectivity index (χ4n) is 1.48. The summed E-state index contributed by atoms with van der Waals surface area (Å²) in [6.45, 7) is 1.67. The Balaban J connectivity index is 2.40. The second kappa shape index (κ2) is 5.10. The average molecular weight is 262 g/mol. The van der Waals surface area contributed by atoms with E-state index in [-0.39, 0.29) is 10.7 Å². The highest BCUT2D eigenvalue weighted by Crippen LogP contribution is 2.27. The Bertz CT molecular complexity index is 601. The highest BCUT2D eigenvalue weighted by Gasteiger charge is 2.11. The van der Waals surface area contributed by atoms with Gasteiger partial charge in [-0.05, 0) is 24.6 Å². The van der Waals surface area contributed by atoms with E-state index in [0.717, 1.165) is 0 Å². The number of hydrogen-bond donors (Lipinski definition) is 1. The molecule has 0 fully saturated rings. The molecule has 0 aliphatic carbocycles. The first-order valence-corrected chi connectivity index (χ1v) is 5.67. The minimum atomic E-state index is -0.407. The maximum atomic E-state index is 13.8. The molecule has 0 saturated heterocycles. The Labute approximate surface area is 109 Å². The van der Waals surface area contributed by atoms with Crippen molar-refractivity contribution in [1.29, 1.82) is 0 Å². The zero-order valence-corrected chi connectivity index (χ0v) is 10.5. The normalized spacial score (nSPS) is 10.1. The molecule has 0 spiro atoms. The van der Waals surface area contributed by atoms with Crippen LogP contribution in [0.15, 0.2) is 36.7 Å². The maximum Gasteiger partial charge on any atom is 0.168 e. The molecule has 0 bridgehead atoms. The van der Waals surface area contributed by atoms with Crippen LogP contribution in [0.1, 0.15) is 11.1 Å². The lowest BCUT2D eigenvalue weighted by Gasteiger charge is -2.10. The number of aryl methyl sites for hydroxylation is 1. The van der Waals surface area contributed by atoms with Gasteiger partial charge >= 0.3 is 0 Å². The van der Waals surface area contributed by atoms with Gasteiger partial charge in [0, 0.05) is 6.20 Å². The maximum absolute atomic E-state index is 13.8. The quantitative estimate of drug-likeness (QED) is 0.864. The van der Waals surface area contributed by atoms with E-state index in [9.17, 15) is 4.39 Å². The highest BCUT2D eigenvalue weighted by molar-refractivity contribution is 7.80. The van der Waals surface area contributed by atoms with Crippen molar-refractivity contribution < 1.29 is 9.13 Å². The third-order valence-corrected chi connectivity index (χ3v) is 2.65. The molecule has 92 valence electrons. The van der Waals surface area contributed by atoms with Crippen LogP contribution in [0.3, 0.4) is 0 Å². The summed E-state index contributed by atoms with van der Waals surface area (Å²) >= 11 is 4.90. The monoisotopic (exact) mass is 262 g/mol. The Morgan fingerprint density at radius 1 is 1.33 bits per heavy atom. The molecule has 3 nitrogen and oxygen atoms in total. The van der Waals surface area contributed by atoms with Crippen molar-refractivity contribution in [2.75, 3.05) is 0 Å². The van der Waals surface area contributed by atoms with Gasteiger partial charge in [0.2, 0.25) is 0 Å². The summed E-state index contributed by atoms with van der Waals surface area (Å²) in [5.41, 5.74) is 6.60. The molecular weight excluding hydrogens is 251 g/mol. The number of benzene rings is 1. The molecule has 0 saturated carbocycles. The van der Waals surface area contributed by atoms with Crippen molar-refractivity contribution in [3.63, 3.8) is 0 Å². The third kappa shape index (κ3) is 2.46. The van der Waals surface area contributed by atoms with Gasteiger partial charge in [0.05, 0.1) is 11.8 Å². The SMILES string of the molecule is Cc1cccc(Oc2cnccc2C(N)=S)c1F. The molecule has 1 heterocycles. The molecule has 0 unspecified atom stereocenters. The lowest BCUT2D eigenvalue weighted by atomic mass is 10.2. The van der Waals surface area contributed by atoms with Crippen molar-refractivity contribution in [3.05, 3.63) is 53.6 Å². The van der Waals surface area contributed by atoms with Crippen molar-refractivity contribution in [1.82, 2.24) is 4.98 Å². The zero-order valence-electron chi connectivity index (χ0n) is 9.68. The van der Waals surface area contributed by atoms with Crippen molar-refractivity contribution >= 4 is 17.2 Å². The van der Waals surface area contributed by atoms with Crippen molar-refractivity contribution in [3.8, 4) is 11.5 Å². The number of thiocarbonyl (C=S) groups is 1. The predicted octanol–water partition coefficient (Wildman–Crippen LogP) is 2.96. The van der Waals surface area contributed by atoms with Crippen LogP contribution in [-0.4, -0.2) is 9.97 Å². The van der Waals surface area contributed by atoms with E-state index in [0.29, 0.717) is 16.9 Å². The lowest BCUT2D eigenvalue weighted by Crippen LogP contribution is -2.11. The smallest absolute Gasteiger partial charge is 0.168 e. The zero-order chi connectivity index (χ0) is 13.1. The van der Waals surface area contributed by atoms with Gasteiger partial charge in [-0.2, -0.15) is 0 Å². The second-order valence-corrected chi connectivity index (χ2v) is 4.17. The van der Waals surface area contributed by atoms with Gasteiger partial charge < -0.3 is 10.5 Å². The van der Waals surface area contributed by atoms with Gasteiger partial charge in [-0.1, -0.05) is 24.4 Å². The first-order chi connectivity index (χ1) is 8.59. The molecule has 1 aromatic heterocycles. The number of halogens is 1. The molecule has 2 rings (SSSR count). The van der Waals surface area contributed by atoms with Crippen LogP contribution in [0.25, 0.3) is 0 Å². The summed E-state index contributed by atoms with van der Waals surface area (Å²) in [5.74, 6) is 0.0604. The van der Waals surface area contributed by atoms with Crippen molar-refractivity contribution in [2.45, 2.75) is 6.92 Å². The third-order valence-electron chi connectivity index (χ3n) is 2.43. The average Bonchev–Trinajstić information content (AvgIpc) is 2.35. The second-order valence-electron chi connectivity index (χ2n) is 3.73. The summed E-state index contributed by atoms with van der Waals surface area (Å²) in [5, 5.41) is 0. The molecule has 1 aromatic carbocycles. The fourth-order valence-corrected chi connectivity index (χ4v) is 1.65. The molecule has 0 amide bonds. The van der Waals surface area contributed by atoms with E-state index in [1.807, 2.05) is 0 Å². The summed E-state index contributed by atoms with van der Waals surface area (Å²) in [6, 6.07) is 6.55. The van der Waals surface area contributed by atoms with Crippen LogP contribution >= 0.6 is 12.2 Å². The van der Waals surface area contributed by atoms with Gasteiger partial charge in [0.15, 0.2) is 17.3 Å². The number of hydrogen-bond acceptors (Lipinski definition) is 3. The minimum absolute atomic E-state index is 0.125. The van der Waals surface area contributed by atoms with Gasteiger partial charge in [0.25, 0.3) is 0 Å². The Hall–Kier alpha value is -2.01. The number of nitrogens with zero attached hydrogens (tertiary/aromatic N) is 1. The largest absolute Gasteiger partial charge is 0.452 e. The number of aromatic nitrogens is 1. The molecule has 0 radical (unpaired) electrons. The van der Waals surface area contributed by atoms with E-state index in [1.165, 1.54) is 6.20 Å². The fraction of sp³-hybridized carbons (Fsp3) is 0.0769. The lowest BCUT2D eigenvalue weighted by molar-refractivity contribution is 0.438. The van der Waals surface area contributed by atoms with Gasteiger partial charge in [-0.25, -0.2) is 4.39 Å². The van der Waals surface area contributed by atoms with Crippen LogP contribution in [0.5, 0.6) is 11.5 Å². The Kier molecular flexibility index (Phi) is 3.53. The number of pyridine rings is 1. The standard InChI is InChI=1S/C13H11FN2OS/c1-8-3-2-4-10(12(8)14)17-11-7-16-6-5-9(11)13(15)18/h2-7H,1H3,(H2,15,18). The van der Waals surface area contributed by atoms with Gasteiger partial charge in [-0.15, -0.1) is 0 Å². The molecule has 0 atom stereocenters. The molecule has 18 heavy (non-hydrogen) atoms. The first-order valence-electron chi connectivity index (χ1n) is 5.26. The van der Waals surface area contributed by atoms with E-state index in [2.05, 4.69) is 4.98 Å². The number of rotatable bonds is 3. The molecule has 0 aliphatic heterocycles. The van der Waals surface area contributed by atoms with Crippen LogP contribution in [0.4, 0.5) is 4.39 Å². The van der Waals surface area contributed by atoms with Crippen LogP contribution in [0.2, 0.25) is 0 Å². The summed E-state index contributed by atoms with van der Waals surface area (Å²) in [6.07, 6.45) is 3.00. The highest BCUT2D eigenvalue weighted by atomic mass is 32.1. The molecule has 5 heteroatoms. The topological polar surface area (TPSA) is 48.1 Å². The summed E-state index contributed by atoms with van der Waals surface area (Å²) in [7, 11) is 0. The number of ether oxygens (including phenoxy) is 1. The molecule has 0 aliphatic rings. The van der Waals surface area contributed by atoms with E-state index in [1.54, 1.807) is 37.4 Å². The van der Waals surface area contributed by atoms with Gasteiger partial charge in [0.1, 0.15) is 4.99 Å². The van der Waals surface area contributed by atoms with E-state index < -0.39 is 5.82 Å². The Morgan fingerprint density at radius 3 is 2.83 bits per heavy atom. The molecule has 2 aromatic rings. The summed E-state index contributed by atoms with van der Waals surface area (Å²) < 4.78 is 19.3. The Morgan fingerprint density at radius 2 is 2.11 bits per heavy atom. The van der Waals surface area contributed by atoms with Crippen LogP contribution < -0.4 is 10.5 Å². The summed E-state index contributed by atoms with van der Waals surface area (Å²) in [4.78, 5) is 4.09. The first kappa shape index (κ1) is 12.4. The van der Waals surface area contributed by atoms with Crippen LogP contribution in [-0.2, 0) is 0 Å². The molecular formula is C13H11FN2OS. The number of nitrogens with two attached hydrogens (primary N) is 1. The predicted molar refractivity (Wildman–Crippen MR) is 71.3 cm³/mol. The van der Waals surface area contributed by atoms with E-state index in [4.69, 9.17) is 22.7 Å².